The van der Waals surface area contributed by atoms with E-state index in [4.69, 9.17) is 4.43 Å². The lowest BCUT2D eigenvalue weighted by molar-refractivity contribution is 0.195. The molecule has 1 heterocycles. The zero-order valence-electron chi connectivity index (χ0n) is 7.31. The quantitative estimate of drug-likeness (QED) is 0.574. The molecule has 1 saturated heterocycles. The molecule has 0 radical (unpaired) electrons. The first-order valence-electron chi connectivity index (χ1n) is 4.34. The van der Waals surface area contributed by atoms with Crippen LogP contribution in [0.2, 0.25) is 18.6 Å². The molecule has 0 aromatic heterocycles. The Morgan fingerprint density at radius 3 is 2.40 bits per heavy atom. The lowest BCUT2D eigenvalue weighted by atomic mass is 10.3. The van der Waals surface area contributed by atoms with E-state index in [0.29, 0.717) is 6.10 Å². The second-order valence-electron chi connectivity index (χ2n) is 3.64. The van der Waals surface area contributed by atoms with Crippen LogP contribution in [0.25, 0.3) is 0 Å². The molecule has 0 aromatic rings. The predicted molar refractivity (Wildman–Crippen MR) is 46.7 cm³/mol. The SMILES string of the molecule is CCC(C)O[Si]1(C)CCC1. The van der Waals surface area contributed by atoms with E-state index in [2.05, 4.69) is 20.4 Å². The highest BCUT2D eigenvalue weighted by Gasteiger charge is 2.37. The number of hydrogen-bond acceptors (Lipinski definition) is 1. The minimum atomic E-state index is -1.08. The second-order valence-corrected chi connectivity index (χ2v) is 7.78. The maximum absolute atomic E-state index is 5.96. The van der Waals surface area contributed by atoms with Crippen molar-refractivity contribution in [2.45, 2.75) is 51.4 Å². The van der Waals surface area contributed by atoms with Crippen molar-refractivity contribution in [3.8, 4) is 0 Å². The van der Waals surface area contributed by atoms with Gasteiger partial charge in [-0.2, -0.15) is 0 Å². The van der Waals surface area contributed by atoms with Crippen LogP contribution >= 0.6 is 0 Å². The molecule has 0 amide bonds. The van der Waals surface area contributed by atoms with Crippen LogP contribution in [0.1, 0.15) is 26.7 Å². The highest BCUT2D eigenvalue weighted by Crippen LogP contribution is 2.34. The van der Waals surface area contributed by atoms with E-state index in [-0.39, 0.29) is 0 Å². The van der Waals surface area contributed by atoms with E-state index < -0.39 is 8.32 Å². The van der Waals surface area contributed by atoms with Crippen LogP contribution in [0.4, 0.5) is 0 Å². The maximum Gasteiger partial charge on any atom is 0.190 e. The average molecular weight is 158 g/mol. The van der Waals surface area contributed by atoms with Crippen molar-refractivity contribution in [3.05, 3.63) is 0 Å². The Labute approximate surface area is 64.9 Å². The molecular weight excluding hydrogens is 140 g/mol. The summed E-state index contributed by atoms with van der Waals surface area (Å²) in [6.07, 6.45) is 3.10. The third-order valence-electron chi connectivity index (χ3n) is 2.47. The lowest BCUT2D eigenvalue weighted by Crippen LogP contribution is -2.43. The van der Waals surface area contributed by atoms with E-state index in [0.717, 1.165) is 0 Å². The predicted octanol–water partition coefficient (Wildman–Crippen LogP) is 2.78. The molecule has 1 aliphatic heterocycles. The third kappa shape index (κ3) is 1.83. The van der Waals surface area contributed by atoms with Gasteiger partial charge in [0.1, 0.15) is 0 Å². The van der Waals surface area contributed by atoms with Gasteiger partial charge in [-0.25, -0.2) is 0 Å². The molecule has 2 heteroatoms. The first-order valence-corrected chi connectivity index (χ1v) is 7.16. The normalized spacial score (nSPS) is 25.5. The molecule has 0 aromatic carbocycles. The first-order chi connectivity index (χ1) is 4.66. The fourth-order valence-corrected chi connectivity index (χ4v) is 4.08. The van der Waals surface area contributed by atoms with Crippen LogP contribution in [0.15, 0.2) is 0 Å². The molecule has 1 unspecified atom stereocenters. The molecule has 1 rings (SSSR count). The fourth-order valence-electron chi connectivity index (χ4n) is 1.36. The van der Waals surface area contributed by atoms with Gasteiger partial charge in [0, 0.05) is 6.10 Å². The van der Waals surface area contributed by atoms with Crippen molar-refractivity contribution in [3.63, 3.8) is 0 Å². The highest BCUT2D eigenvalue weighted by molar-refractivity contribution is 6.75. The van der Waals surface area contributed by atoms with Gasteiger partial charge < -0.3 is 4.43 Å². The van der Waals surface area contributed by atoms with Crippen LogP contribution in [0, 0.1) is 0 Å². The summed E-state index contributed by atoms with van der Waals surface area (Å²) >= 11 is 0. The van der Waals surface area contributed by atoms with Gasteiger partial charge in [-0.3, -0.25) is 0 Å². The van der Waals surface area contributed by atoms with Crippen LogP contribution in [0.3, 0.4) is 0 Å². The van der Waals surface area contributed by atoms with E-state index in [9.17, 15) is 0 Å². The van der Waals surface area contributed by atoms with Crippen molar-refractivity contribution in [1.82, 2.24) is 0 Å². The second kappa shape index (κ2) is 3.05. The third-order valence-corrected chi connectivity index (χ3v) is 6.27. The topological polar surface area (TPSA) is 9.23 Å². The van der Waals surface area contributed by atoms with Crippen LogP contribution in [-0.2, 0) is 4.43 Å². The monoisotopic (exact) mass is 158 g/mol. The van der Waals surface area contributed by atoms with Gasteiger partial charge in [0.05, 0.1) is 0 Å². The number of rotatable bonds is 3. The Hall–Kier alpha value is 0.177. The van der Waals surface area contributed by atoms with Crippen molar-refractivity contribution >= 4 is 8.32 Å². The zero-order chi connectivity index (χ0) is 7.61. The molecule has 60 valence electrons. The van der Waals surface area contributed by atoms with E-state index in [1.165, 1.54) is 24.9 Å². The first kappa shape index (κ1) is 8.28. The Bertz CT molecular complexity index is 110. The van der Waals surface area contributed by atoms with Gasteiger partial charge in [-0.05, 0) is 32.0 Å². The summed E-state index contributed by atoms with van der Waals surface area (Å²) in [6.45, 7) is 6.75. The largest absolute Gasteiger partial charge is 0.414 e. The number of hydrogen-bond donors (Lipinski definition) is 0. The van der Waals surface area contributed by atoms with E-state index in [1.54, 1.807) is 0 Å². The zero-order valence-corrected chi connectivity index (χ0v) is 8.31. The van der Waals surface area contributed by atoms with Gasteiger partial charge in [0.25, 0.3) is 0 Å². The molecule has 0 spiro atoms. The molecule has 10 heavy (non-hydrogen) atoms. The molecular formula is C8H18OSi. The Balaban J connectivity index is 2.22. The van der Waals surface area contributed by atoms with E-state index in [1.807, 2.05) is 0 Å². The average Bonchev–Trinajstić information content (AvgIpc) is 1.84. The molecule has 1 atom stereocenters. The summed E-state index contributed by atoms with van der Waals surface area (Å²) in [5.41, 5.74) is 0. The molecule has 0 saturated carbocycles. The molecule has 0 N–H and O–H groups in total. The lowest BCUT2D eigenvalue weighted by Gasteiger charge is -2.37. The van der Waals surface area contributed by atoms with Gasteiger partial charge >= 0.3 is 0 Å². The molecule has 1 nitrogen and oxygen atoms in total. The Morgan fingerprint density at radius 2 is 2.10 bits per heavy atom. The Morgan fingerprint density at radius 1 is 1.50 bits per heavy atom. The summed E-state index contributed by atoms with van der Waals surface area (Å²) in [5, 5.41) is 0. The Kier molecular flexibility index (Phi) is 2.53. The van der Waals surface area contributed by atoms with Gasteiger partial charge in [-0.1, -0.05) is 13.3 Å². The minimum absolute atomic E-state index is 0.511. The van der Waals surface area contributed by atoms with Crippen molar-refractivity contribution < 1.29 is 4.43 Å². The summed E-state index contributed by atoms with van der Waals surface area (Å²) in [6, 6.07) is 2.80. The highest BCUT2D eigenvalue weighted by atomic mass is 28.4. The fraction of sp³-hybridized carbons (Fsp3) is 1.00. The smallest absolute Gasteiger partial charge is 0.190 e. The minimum Gasteiger partial charge on any atom is -0.414 e. The molecule has 1 fully saturated rings. The summed E-state index contributed by atoms with van der Waals surface area (Å²) in [5.74, 6) is 0. The van der Waals surface area contributed by atoms with Crippen LogP contribution in [0.5, 0.6) is 0 Å². The van der Waals surface area contributed by atoms with Crippen molar-refractivity contribution in [1.29, 1.82) is 0 Å². The van der Waals surface area contributed by atoms with E-state index >= 15 is 0 Å². The van der Waals surface area contributed by atoms with Gasteiger partial charge in [0.15, 0.2) is 8.32 Å². The molecule has 1 aliphatic rings. The summed E-state index contributed by atoms with van der Waals surface area (Å²) in [4.78, 5) is 0. The van der Waals surface area contributed by atoms with Crippen molar-refractivity contribution in [2.24, 2.45) is 0 Å². The summed E-state index contributed by atoms with van der Waals surface area (Å²) < 4.78 is 5.96. The summed E-state index contributed by atoms with van der Waals surface area (Å²) in [7, 11) is -1.08. The van der Waals surface area contributed by atoms with Crippen LogP contribution < -0.4 is 0 Å². The standard InChI is InChI=1S/C8H18OSi/c1-4-8(2)9-10(3)6-5-7-10/h8H,4-7H2,1-3H3. The van der Waals surface area contributed by atoms with Gasteiger partial charge in [0.2, 0.25) is 0 Å². The molecule has 0 aliphatic carbocycles. The van der Waals surface area contributed by atoms with Gasteiger partial charge in [-0.15, -0.1) is 0 Å². The maximum atomic E-state index is 5.96. The molecule has 0 bridgehead atoms. The van der Waals surface area contributed by atoms with Crippen LogP contribution in [-0.4, -0.2) is 14.4 Å². The van der Waals surface area contributed by atoms with Crippen molar-refractivity contribution in [2.75, 3.05) is 0 Å².